The van der Waals surface area contributed by atoms with Crippen molar-refractivity contribution in [3.8, 4) is 5.61 Å². The predicted molar refractivity (Wildman–Crippen MR) is 26.2 cm³/mol. The lowest BCUT2D eigenvalue weighted by Crippen LogP contribution is -1.66. The number of hydrogen-bond donors (Lipinski definition) is 1. The van der Waals surface area contributed by atoms with Crippen LogP contribution in [0.5, 0.6) is 5.61 Å². The Kier molecular flexibility index (Phi) is 1.18. The summed E-state index contributed by atoms with van der Waals surface area (Å²) in [4.78, 5) is 7.08. The van der Waals surface area contributed by atoms with E-state index in [0.29, 0.717) is 8.19 Å². The van der Waals surface area contributed by atoms with Gasteiger partial charge in [-0.1, -0.05) is 0 Å². The van der Waals surface area contributed by atoms with Crippen molar-refractivity contribution < 1.29 is 5.11 Å². The van der Waals surface area contributed by atoms with Crippen molar-refractivity contribution in [3.05, 3.63) is 12.3 Å². The molecule has 0 amide bonds. The maximum atomic E-state index is 8.52. The third-order valence-corrected chi connectivity index (χ3v) is 1.07. The second kappa shape index (κ2) is 1.85. The molecule has 0 aliphatic carbocycles. The molecule has 0 aromatic carbocycles. The fraction of sp³-hybridized carbons (Fsp3) is 0. The van der Waals surface area contributed by atoms with Crippen molar-refractivity contribution in [2.75, 3.05) is 0 Å². The van der Waals surface area contributed by atoms with Crippen LogP contribution in [-0.4, -0.2) is 15.1 Å². The lowest BCUT2D eigenvalue weighted by molar-refractivity contribution is 0.469. The third-order valence-electron chi connectivity index (χ3n) is 0.480. The van der Waals surface area contributed by atoms with Gasteiger partial charge in [-0.25, -0.2) is 4.98 Å². The van der Waals surface area contributed by atoms with E-state index in [2.05, 4.69) is 9.97 Å². The zero-order valence-electron chi connectivity index (χ0n) is 3.44. The highest BCUT2D eigenvalue weighted by Gasteiger charge is 1.78. The normalized spacial score (nSPS) is 9.71. The van der Waals surface area contributed by atoms with Crippen LogP contribution in [0.4, 0.5) is 0 Å². The third kappa shape index (κ3) is 1.09. The zero-order chi connectivity index (χ0) is 5.11. The molecular weight excluding hydrogens is 111 g/mol. The van der Waals surface area contributed by atoms with Gasteiger partial charge < -0.3 is 5.11 Å². The monoisotopic (exact) mass is 114 g/mol. The second-order valence-corrected chi connectivity index (χ2v) is 1.83. The van der Waals surface area contributed by atoms with Crippen LogP contribution in [0.15, 0.2) is 12.3 Å². The fourth-order valence-electron chi connectivity index (χ4n) is 0.233. The average Bonchev–Trinajstić information content (AvgIpc) is 1.69. The summed E-state index contributed by atoms with van der Waals surface area (Å²) in [6.07, 6.45) is 1.31. The summed E-state index contributed by atoms with van der Waals surface area (Å²) in [5.41, 5.74) is 0.106. The largest absolute Gasteiger partial charge is 0.490 e. The topological polar surface area (TPSA) is 46.0 Å². The van der Waals surface area contributed by atoms with Crippen molar-refractivity contribution in [2.45, 2.75) is 0 Å². The van der Waals surface area contributed by atoms with Crippen molar-refractivity contribution >= 4 is 8.19 Å². The molecule has 3 nitrogen and oxygen atoms in total. The van der Waals surface area contributed by atoms with Gasteiger partial charge in [0.25, 0.3) is 0 Å². The Morgan fingerprint density at radius 2 is 2.57 bits per heavy atom. The lowest BCUT2D eigenvalue weighted by atomic mass is 11.2. The Morgan fingerprint density at radius 3 is 2.86 bits per heavy atom. The molecule has 0 fully saturated rings. The molecule has 7 heavy (non-hydrogen) atoms. The Balaban J connectivity index is 3.02. The van der Waals surface area contributed by atoms with E-state index in [0.717, 1.165) is 0 Å². The van der Waals surface area contributed by atoms with Crippen LogP contribution in [0.2, 0.25) is 0 Å². The number of aromatic hydroxyl groups is 1. The molecule has 1 N–H and O–H groups in total. The first-order chi connectivity index (χ1) is 3.39. The molecule has 1 rings (SSSR count). The van der Waals surface area contributed by atoms with E-state index in [-0.39, 0.29) is 5.61 Å². The SMILES string of the molecule is Oc1ncncp1. The first-order valence-electron chi connectivity index (χ1n) is 1.70. The maximum absolute atomic E-state index is 8.52. The van der Waals surface area contributed by atoms with Crippen molar-refractivity contribution in [3.63, 3.8) is 0 Å². The van der Waals surface area contributed by atoms with Crippen molar-refractivity contribution in [1.29, 1.82) is 0 Å². The van der Waals surface area contributed by atoms with Gasteiger partial charge in [-0.05, 0) is 0 Å². The first-order valence-corrected chi connectivity index (χ1v) is 2.67. The zero-order valence-corrected chi connectivity index (χ0v) is 4.34. The molecule has 0 aliphatic rings. The Hall–Kier alpha value is -0.690. The van der Waals surface area contributed by atoms with Crippen LogP contribution >= 0.6 is 8.19 Å². The Morgan fingerprint density at radius 1 is 1.71 bits per heavy atom. The van der Waals surface area contributed by atoms with Gasteiger partial charge in [0.15, 0.2) is 0 Å². The first kappa shape index (κ1) is 4.47. The molecule has 0 bridgehead atoms. The molecule has 0 aliphatic heterocycles. The Labute approximate surface area is 42.2 Å². The maximum Gasteiger partial charge on any atom is 0.241 e. The molecule has 0 spiro atoms. The molecule has 36 valence electrons. The smallest absolute Gasteiger partial charge is 0.241 e. The van der Waals surface area contributed by atoms with E-state index in [1.54, 1.807) is 5.93 Å². The molecule has 1 heterocycles. The minimum Gasteiger partial charge on any atom is -0.490 e. The summed E-state index contributed by atoms with van der Waals surface area (Å²) in [6, 6.07) is 0. The fourth-order valence-corrected chi connectivity index (χ4v) is 0.581. The van der Waals surface area contributed by atoms with Crippen LogP contribution in [0.1, 0.15) is 0 Å². The molecule has 0 unspecified atom stereocenters. The molecule has 0 saturated carbocycles. The standard InChI is InChI=1S/C3H3N2OP/c6-3-5-1-4-2-7-3/h1-2H,(H,4,5,6). The molecule has 1 aromatic heterocycles. The minimum absolute atomic E-state index is 0.106. The van der Waals surface area contributed by atoms with Gasteiger partial charge in [0.2, 0.25) is 5.61 Å². The Bertz CT molecular complexity index is 143. The number of nitrogens with zero attached hydrogens (tertiary/aromatic N) is 2. The number of aromatic nitrogens is 2. The molecular formula is C3H3N2OP. The second-order valence-electron chi connectivity index (χ2n) is 0.938. The van der Waals surface area contributed by atoms with E-state index < -0.39 is 0 Å². The van der Waals surface area contributed by atoms with Crippen LogP contribution < -0.4 is 0 Å². The minimum atomic E-state index is 0.106. The van der Waals surface area contributed by atoms with E-state index in [4.69, 9.17) is 5.11 Å². The molecule has 0 atom stereocenters. The number of hydrogen-bond acceptors (Lipinski definition) is 3. The lowest BCUT2D eigenvalue weighted by Gasteiger charge is -1.79. The van der Waals surface area contributed by atoms with Crippen molar-refractivity contribution in [1.82, 2.24) is 9.97 Å². The molecule has 0 radical (unpaired) electrons. The van der Waals surface area contributed by atoms with Crippen LogP contribution in [0, 0.1) is 0 Å². The summed E-state index contributed by atoms with van der Waals surface area (Å²) in [5.74, 6) is 1.57. The molecule has 1 aromatic rings. The summed E-state index contributed by atoms with van der Waals surface area (Å²) in [7, 11) is 0.679. The van der Waals surface area contributed by atoms with Gasteiger partial charge in [0.05, 0.1) is 5.93 Å². The quantitative estimate of drug-likeness (QED) is 0.541. The van der Waals surface area contributed by atoms with Gasteiger partial charge in [-0.15, -0.1) is 0 Å². The van der Waals surface area contributed by atoms with E-state index in [1.807, 2.05) is 0 Å². The summed E-state index contributed by atoms with van der Waals surface area (Å²) < 4.78 is 0. The van der Waals surface area contributed by atoms with Gasteiger partial charge in [-0.3, -0.25) is 0 Å². The highest BCUT2D eigenvalue weighted by Crippen LogP contribution is 2.12. The van der Waals surface area contributed by atoms with Crippen LogP contribution in [-0.2, 0) is 0 Å². The van der Waals surface area contributed by atoms with Crippen LogP contribution in [0.25, 0.3) is 0 Å². The summed E-state index contributed by atoms with van der Waals surface area (Å²) >= 11 is 0. The van der Waals surface area contributed by atoms with E-state index >= 15 is 0 Å². The number of rotatable bonds is 0. The van der Waals surface area contributed by atoms with Gasteiger partial charge in [0.1, 0.15) is 6.33 Å². The highest BCUT2D eigenvalue weighted by atomic mass is 31.0. The average molecular weight is 114 g/mol. The van der Waals surface area contributed by atoms with Gasteiger partial charge in [-0.2, -0.15) is 4.98 Å². The predicted octanol–water partition coefficient (Wildman–Crippen LogP) is 0.762. The summed E-state index contributed by atoms with van der Waals surface area (Å²) in [6.45, 7) is 0. The van der Waals surface area contributed by atoms with E-state index in [9.17, 15) is 0 Å². The van der Waals surface area contributed by atoms with Gasteiger partial charge in [0, 0.05) is 8.19 Å². The summed E-state index contributed by atoms with van der Waals surface area (Å²) in [5, 5.41) is 8.52. The molecule has 0 saturated heterocycles. The van der Waals surface area contributed by atoms with E-state index in [1.165, 1.54) is 6.33 Å². The van der Waals surface area contributed by atoms with Gasteiger partial charge >= 0.3 is 0 Å². The van der Waals surface area contributed by atoms with Crippen LogP contribution in [0.3, 0.4) is 0 Å². The van der Waals surface area contributed by atoms with Crippen molar-refractivity contribution in [2.24, 2.45) is 0 Å². The highest BCUT2D eigenvalue weighted by molar-refractivity contribution is 7.31. The molecule has 4 heteroatoms.